The highest BCUT2D eigenvalue weighted by Crippen LogP contribution is 2.38. The molecular formula is C29H29N5. The molecule has 6 rings (SSSR count). The number of pyridine rings is 1. The summed E-state index contributed by atoms with van der Waals surface area (Å²) in [6, 6.07) is 24.1. The zero-order valence-electron chi connectivity index (χ0n) is 19.3. The summed E-state index contributed by atoms with van der Waals surface area (Å²) in [6.45, 7) is 0.782. The van der Waals surface area contributed by atoms with Gasteiger partial charge in [0.25, 0.3) is 0 Å². The van der Waals surface area contributed by atoms with Crippen molar-refractivity contribution in [1.82, 2.24) is 19.5 Å². The summed E-state index contributed by atoms with van der Waals surface area (Å²) in [6.07, 6.45) is 11.8. The molecular weight excluding hydrogens is 418 g/mol. The molecule has 5 aromatic rings. The molecule has 2 atom stereocenters. The Hall–Kier alpha value is -3.73. The van der Waals surface area contributed by atoms with Crippen molar-refractivity contribution in [2.45, 2.75) is 44.7 Å². The molecule has 170 valence electrons. The van der Waals surface area contributed by atoms with Gasteiger partial charge >= 0.3 is 0 Å². The number of rotatable bonds is 7. The molecule has 0 bridgehead atoms. The summed E-state index contributed by atoms with van der Waals surface area (Å²) in [5.74, 6) is 1.68. The second-order valence-electron chi connectivity index (χ2n) is 9.46. The first-order valence-corrected chi connectivity index (χ1v) is 12.3. The lowest BCUT2D eigenvalue weighted by molar-refractivity contribution is 0.461. The maximum absolute atomic E-state index is 4.88. The van der Waals surface area contributed by atoms with Gasteiger partial charge in [0.05, 0.1) is 5.52 Å². The molecule has 1 N–H and O–H groups in total. The summed E-state index contributed by atoms with van der Waals surface area (Å²) < 4.78 is 2.36. The third kappa shape index (κ3) is 4.38. The molecule has 0 radical (unpaired) electrons. The van der Waals surface area contributed by atoms with Gasteiger partial charge in [0, 0.05) is 35.8 Å². The number of fused-ring (bicyclic) bond motifs is 2. The Morgan fingerprint density at radius 3 is 2.76 bits per heavy atom. The van der Waals surface area contributed by atoms with E-state index in [0.717, 1.165) is 41.3 Å². The molecule has 5 heteroatoms. The molecule has 1 aliphatic carbocycles. The molecule has 0 amide bonds. The second kappa shape index (κ2) is 9.26. The Labute approximate surface area is 199 Å². The van der Waals surface area contributed by atoms with Gasteiger partial charge in [-0.1, -0.05) is 42.5 Å². The number of aromatic nitrogens is 4. The van der Waals surface area contributed by atoms with Gasteiger partial charge in [-0.05, 0) is 73.4 Å². The van der Waals surface area contributed by atoms with Crippen LogP contribution in [0.1, 0.15) is 42.9 Å². The largest absolute Gasteiger partial charge is 0.366 e. The Kier molecular flexibility index (Phi) is 5.68. The predicted octanol–water partition coefficient (Wildman–Crippen LogP) is 6.57. The Bertz CT molecular complexity index is 1410. The van der Waals surface area contributed by atoms with Crippen LogP contribution in [0.3, 0.4) is 0 Å². The number of aryl methyl sites for hydroxylation is 1. The zero-order chi connectivity index (χ0) is 22.7. The molecule has 0 spiro atoms. The van der Waals surface area contributed by atoms with Crippen LogP contribution in [0.2, 0.25) is 0 Å². The van der Waals surface area contributed by atoms with Gasteiger partial charge in [0.2, 0.25) is 0 Å². The van der Waals surface area contributed by atoms with Crippen LogP contribution in [0.15, 0.2) is 85.5 Å². The summed E-state index contributed by atoms with van der Waals surface area (Å²) in [5, 5.41) is 5.78. The summed E-state index contributed by atoms with van der Waals surface area (Å²) in [4.78, 5) is 13.5. The van der Waals surface area contributed by atoms with Gasteiger partial charge in [-0.15, -0.1) is 0 Å². The normalized spacial score (nSPS) is 18.0. The fraction of sp³-hybridized carbons (Fsp3) is 0.276. The molecule has 1 aliphatic rings. The SMILES string of the molecule is c1ccc(CNc2ccc3ccc(CC[C@@H]4CCC(n5ccc6cncnc65)C4)cc3n2)cc1. The minimum atomic E-state index is 0.550. The van der Waals surface area contributed by atoms with Gasteiger partial charge in [0.15, 0.2) is 0 Å². The third-order valence-corrected chi connectivity index (χ3v) is 7.20. The number of nitrogens with one attached hydrogen (secondary N) is 1. The van der Waals surface area contributed by atoms with E-state index in [1.807, 2.05) is 12.3 Å². The lowest BCUT2D eigenvalue weighted by Crippen LogP contribution is -2.05. The van der Waals surface area contributed by atoms with Crippen molar-refractivity contribution >= 4 is 27.8 Å². The molecule has 3 heterocycles. The van der Waals surface area contributed by atoms with E-state index < -0.39 is 0 Å². The van der Waals surface area contributed by atoms with Crippen LogP contribution in [0.25, 0.3) is 21.9 Å². The molecule has 0 saturated heterocycles. The van der Waals surface area contributed by atoms with Gasteiger partial charge < -0.3 is 9.88 Å². The standard InChI is InChI=1S/C29H29N5/c1-2-4-23(5-3-1)18-31-28-13-11-24-10-8-22(17-27(24)33-28)7-6-21-9-12-26(16-21)34-15-14-25-19-30-20-32-29(25)34/h1-5,8,10-11,13-15,17,19-21,26H,6-7,9,12,16,18H2,(H,31,33)/t21-,26?/m1/s1. The van der Waals surface area contributed by atoms with Crippen LogP contribution >= 0.6 is 0 Å². The maximum atomic E-state index is 4.88. The van der Waals surface area contributed by atoms with Crippen LogP contribution in [-0.2, 0) is 13.0 Å². The Balaban J connectivity index is 1.09. The molecule has 1 unspecified atom stereocenters. The van der Waals surface area contributed by atoms with Crippen molar-refractivity contribution in [3.63, 3.8) is 0 Å². The fourth-order valence-corrected chi connectivity index (χ4v) is 5.33. The summed E-state index contributed by atoms with van der Waals surface area (Å²) in [5.41, 5.74) is 4.77. The van der Waals surface area contributed by atoms with Crippen molar-refractivity contribution in [3.05, 3.63) is 96.6 Å². The quantitative estimate of drug-likeness (QED) is 0.307. The molecule has 5 nitrogen and oxygen atoms in total. The average molecular weight is 448 g/mol. The van der Waals surface area contributed by atoms with Gasteiger partial charge in [-0.25, -0.2) is 15.0 Å². The topological polar surface area (TPSA) is 55.6 Å². The Morgan fingerprint density at radius 1 is 0.912 bits per heavy atom. The van der Waals surface area contributed by atoms with Crippen LogP contribution in [0, 0.1) is 5.92 Å². The molecule has 1 saturated carbocycles. The molecule has 0 aliphatic heterocycles. The van der Waals surface area contributed by atoms with E-state index in [1.165, 1.54) is 42.2 Å². The van der Waals surface area contributed by atoms with Crippen molar-refractivity contribution in [1.29, 1.82) is 0 Å². The first-order valence-electron chi connectivity index (χ1n) is 12.3. The van der Waals surface area contributed by atoms with E-state index in [1.54, 1.807) is 6.33 Å². The minimum Gasteiger partial charge on any atom is -0.366 e. The monoisotopic (exact) mass is 447 g/mol. The average Bonchev–Trinajstić information content (AvgIpc) is 3.53. The fourth-order valence-electron chi connectivity index (χ4n) is 5.33. The maximum Gasteiger partial charge on any atom is 0.143 e. The van der Waals surface area contributed by atoms with Crippen LogP contribution in [-0.4, -0.2) is 19.5 Å². The minimum absolute atomic E-state index is 0.550. The molecule has 3 aromatic heterocycles. The van der Waals surface area contributed by atoms with Crippen molar-refractivity contribution in [2.75, 3.05) is 5.32 Å². The van der Waals surface area contributed by atoms with Crippen molar-refractivity contribution in [3.8, 4) is 0 Å². The van der Waals surface area contributed by atoms with E-state index >= 15 is 0 Å². The number of hydrogen-bond acceptors (Lipinski definition) is 4. The van der Waals surface area contributed by atoms with Crippen molar-refractivity contribution in [2.24, 2.45) is 5.92 Å². The number of hydrogen-bond donors (Lipinski definition) is 1. The lowest BCUT2D eigenvalue weighted by Gasteiger charge is -2.14. The van der Waals surface area contributed by atoms with Crippen LogP contribution < -0.4 is 5.32 Å². The molecule has 2 aromatic carbocycles. The van der Waals surface area contributed by atoms with E-state index in [4.69, 9.17) is 4.98 Å². The first-order chi connectivity index (χ1) is 16.8. The summed E-state index contributed by atoms with van der Waals surface area (Å²) >= 11 is 0. The molecule has 34 heavy (non-hydrogen) atoms. The highest BCUT2D eigenvalue weighted by Gasteiger charge is 2.26. The number of nitrogens with zero attached hydrogens (tertiary/aromatic N) is 4. The number of anilines is 1. The van der Waals surface area contributed by atoms with Crippen LogP contribution in [0.5, 0.6) is 0 Å². The van der Waals surface area contributed by atoms with E-state index in [9.17, 15) is 0 Å². The van der Waals surface area contributed by atoms with Gasteiger partial charge in [-0.3, -0.25) is 0 Å². The van der Waals surface area contributed by atoms with Crippen LogP contribution in [0.4, 0.5) is 5.82 Å². The Morgan fingerprint density at radius 2 is 1.82 bits per heavy atom. The van der Waals surface area contributed by atoms with E-state index in [2.05, 4.69) is 86.7 Å². The highest BCUT2D eigenvalue weighted by molar-refractivity contribution is 5.81. The smallest absolute Gasteiger partial charge is 0.143 e. The first kappa shape index (κ1) is 20.8. The second-order valence-corrected chi connectivity index (χ2v) is 9.46. The molecule has 1 fully saturated rings. The lowest BCUT2D eigenvalue weighted by atomic mass is 9.97. The third-order valence-electron chi connectivity index (χ3n) is 7.20. The number of benzene rings is 2. The van der Waals surface area contributed by atoms with Gasteiger partial charge in [-0.2, -0.15) is 0 Å². The zero-order valence-corrected chi connectivity index (χ0v) is 19.3. The van der Waals surface area contributed by atoms with Crippen molar-refractivity contribution < 1.29 is 0 Å². The van der Waals surface area contributed by atoms with Gasteiger partial charge in [0.1, 0.15) is 17.8 Å². The summed E-state index contributed by atoms with van der Waals surface area (Å²) in [7, 11) is 0. The van der Waals surface area contributed by atoms with E-state index in [0.29, 0.717) is 6.04 Å². The van der Waals surface area contributed by atoms with E-state index in [-0.39, 0.29) is 0 Å². The highest BCUT2D eigenvalue weighted by atomic mass is 15.1. The predicted molar refractivity (Wildman–Crippen MR) is 138 cm³/mol.